The van der Waals surface area contributed by atoms with Crippen molar-refractivity contribution in [2.75, 3.05) is 5.32 Å². The largest absolute Gasteiger partial charge is 0.326 e. The van der Waals surface area contributed by atoms with Crippen LogP contribution in [0.3, 0.4) is 0 Å². The van der Waals surface area contributed by atoms with Gasteiger partial charge in [-0.1, -0.05) is 50.7 Å². The number of pyridine rings is 1. The first-order valence-electron chi connectivity index (χ1n) is 12.5. The number of anilines is 1. The average molecular weight is 582 g/mol. The van der Waals surface area contributed by atoms with E-state index in [4.69, 9.17) is 5.14 Å². The number of thioether (sulfide) groups is 1. The number of aromatic nitrogens is 1. The molecule has 0 bridgehead atoms. The van der Waals surface area contributed by atoms with Crippen molar-refractivity contribution in [3.8, 4) is 0 Å². The molecule has 0 aliphatic carbocycles. The van der Waals surface area contributed by atoms with Gasteiger partial charge in [-0.3, -0.25) is 19.3 Å². The second kappa shape index (κ2) is 11.4. The first kappa shape index (κ1) is 29.2. The number of sulfonamides is 1. The van der Waals surface area contributed by atoms with Crippen molar-refractivity contribution in [2.24, 2.45) is 10.1 Å². The molecule has 3 aromatic rings. The van der Waals surface area contributed by atoms with Gasteiger partial charge in [0.1, 0.15) is 5.25 Å². The third-order valence-corrected chi connectivity index (χ3v) is 8.28. The number of amides is 2. The van der Waals surface area contributed by atoms with Gasteiger partial charge in [0, 0.05) is 28.8 Å². The highest BCUT2D eigenvalue weighted by Gasteiger charge is 2.39. The van der Waals surface area contributed by atoms with Crippen LogP contribution >= 0.6 is 11.8 Å². The third kappa shape index (κ3) is 7.06. The molecular weight excluding hydrogens is 550 g/mol. The van der Waals surface area contributed by atoms with Gasteiger partial charge in [-0.05, 0) is 55.0 Å². The van der Waals surface area contributed by atoms with E-state index in [2.05, 4.69) is 15.3 Å². The molecule has 0 saturated carbocycles. The number of aliphatic imine (C=N–C) groups is 1. The Kier molecular flexibility index (Phi) is 8.33. The van der Waals surface area contributed by atoms with Gasteiger partial charge in [0.05, 0.1) is 17.1 Å². The smallest absolute Gasteiger partial charge is 0.253 e. The summed E-state index contributed by atoms with van der Waals surface area (Å²) in [5.74, 6) is -0.842. The van der Waals surface area contributed by atoms with Crippen molar-refractivity contribution in [1.82, 2.24) is 9.88 Å². The monoisotopic (exact) mass is 581 g/mol. The highest BCUT2D eigenvalue weighted by atomic mass is 32.2. The molecule has 2 amide bonds. The van der Waals surface area contributed by atoms with E-state index >= 15 is 0 Å². The van der Waals surface area contributed by atoms with E-state index in [0.717, 1.165) is 23.0 Å². The minimum atomic E-state index is -3.94. The Balaban J connectivity index is 1.59. The number of rotatable bonds is 7. The predicted octanol–water partition coefficient (Wildman–Crippen LogP) is 3.79. The fourth-order valence-corrected chi connectivity index (χ4v) is 5.76. The van der Waals surface area contributed by atoms with E-state index in [1.54, 1.807) is 6.07 Å². The Hall–Kier alpha value is -3.74. The fraction of sp³-hybridized carbons (Fsp3) is 0.286. The third-order valence-electron chi connectivity index (χ3n) is 6.19. The molecule has 40 heavy (non-hydrogen) atoms. The van der Waals surface area contributed by atoms with E-state index in [1.165, 1.54) is 29.2 Å². The van der Waals surface area contributed by atoms with Crippen LogP contribution in [0.1, 0.15) is 44.0 Å². The van der Waals surface area contributed by atoms with Gasteiger partial charge >= 0.3 is 0 Å². The molecule has 1 aliphatic rings. The molecule has 4 rings (SSSR count). The molecule has 2 aromatic carbocycles. The van der Waals surface area contributed by atoms with Crippen molar-refractivity contribution >= 4 is 50.1 Å². The van der Waals surface area contributed by atoms with Crippen molar-refractivity contribution < 1.29 is 18.0 Å². The van der Waals surface area contributed by atoms with Crippen LogP contribution in [-0.4, -0.2) is 40.5 Å². The standard InChI is InChI=1S/C28H31N5O5S2/c1-17-7-5-8-19(13-17)31-27-33(16-18-11-12-23(28(2,3)4)32-25(18)35)26(36)22(39-27)15-24(34)30-20-9-6-10-21(14-20)40(29,37)38/h5-14,22H,15-16H2,1-4H3,(H,30,34)(H,32,35)(H2,29,37,38). The topological polar surface area (TPSA) is 155 Å². The van der Waals surface area contributed by atoms with Gasteiger partial charge in [-0.2, -0.15) is 0 Å². The molecule has 1 saturated heterocycles. The summed E-state index contributed by atoms with van der Waals surface area (Å²) in [7, 11) is -3.94. The first-order chi connectivity index (χ1) is 18.7. The van der Waals surface area contributed by atoms with E-state index in [1.807, 2.05) is 58.0 Å². The van der Waals surface area contributed by atoms with Crippen LogP contribution in [0.25, 0.3) is 0 Å². The molecule has 1 fully saturated rings. The summed E-state index contributed by atoms with van der Waals surface area (Å²) in [5.41, 5.74) is 2.50. The Labute approximate surface area is 237 Å². The summed E-state index contributed by atoms with van der Waals surface area (Å²) >= 11 is 1.14. The number of hydrogen-bond donors (Lipinski definition) is 3. The van der Waals surface area contributed by atoms with Crippen LogP contribution < -0.4 is 16.0 Å². The number of H-pyrrole nitrogens is 1. The summed E-state index contributed by atoms with van der Waals surface area (Å²) in [4.78, 5) is 48.1. The zero-order chi connectivity index (χ0) is 29.2. The SMILES string of the molecule is Cc1cccc(N=C2SC(CC(=O)Nc3cccc(S(N)(=O)=O)c3)C(=O)N2Cc2ccc(C(C)(C)C)[nH]c2=O)c1. The van der Waals surface area contributed by atoms with E-state index in [-0.39, 0.29) is 40.4 Å². The quantitative estimate of drug-likeness (QED) is 0.386. The van der Waals surface area contributed by atoms with E-state index < -0.39 is 21.2 Å². The minimum Gasteiger partial charge on any atom is -0.326 e. The van der Waals surface area contributed by atoms with Crippen molar-refractivity contribution in [3.05, 3.63) is 87.8 Å². The predicted molar refractivity (Wildman–Crippen MR) is 157 cm³/mol. The second-order valence-corrected chi connectivity index (χ2v) is 13.3. The lowest BCUT2D eigenvalue weighted by molar-refractivity contribution is -0.128. The minimum absolute atomic E-state index is 0.00916. The maximum atomic E-state index is 13.5. The highest BCUT2D eigenvalue weighted by molar-refractivity contribution is 8.15. The molecular formula is C28H31N5O5S2. The van der Waals surface area contributed by atoms with Crippen molar-refractivity contribution in [2.45, 2.75) is 56.2 Å². The molecule has 12 heteroatoms. The van der Waals surface area contributed by atoms with Crippen LogP contribution in [0, 0.1) is 6.92 Å². The lowest BCUT2D eigenvalue weighted by atomic mass is 9.91. The molecule has 2 heterocycles. The van der Waals surface area contributed by atoms with Crippen LogP contribution in [0.15, 0.2) is 75.3 Å². The highest BCUT2D eigenvalue weighted by Crippen LogP contribution is 2.33. The van der Waals surface area contributed by atoms with Crippen LogP contribution in [-0.2, 0) is 31.6 Å². The van der Waals surface area contributed by atoms with Gasteiger partial charge in [0.15, 0.2) is 5.17 Å². The fourth-order valence-electron chi connectivity index (χ4n) is 4.05. The summed E-state index contributed by atoms with van der Waals surface area (Å²) in [6.07, 6.45) is -0.189. The number of nitrogens with two attached hydrogens (primary N) is 1. The molecule has 4 N–H and O–H groups in total. The Bertz CT molecular complexity index is 1660. The maximum Gasteiger partial charge on any atom is 0.253 e. The number of carbonyl (C=O) groups is 2. The number of nitrogens with zero attached hydrogens (tertiary/aromatic N) is 2. The lowest BCUT2D eigenvalue weighted by Gasteiger charge is -2.20. The van der Waals surface area contributed by atoms with E-state index in [0.29, 0.717) is 16.4 Å². The lowest BCUT2D eigenvalue weighted by Crippen LogP contribution is -2.35. The number of hydrogen-bond acceptors (Lipinski definition) is 7. The van der Waals surface area contributed by atoms with Crippen LogP contribution in [0.2, 0.25) is 0 Å². The summed E-state index contributed by atoms with van der Waals surface area (Å²) < 4.78 is 23.3. The number of aromatic amines is 1. The normalized spacial score (nSPS) is 16.9. The Morgan fingerprint density at radius 3 is 2.48 bits per heavy atom. The Morgan fingerprint density at radius 1 is 1.10 bits per heavy atom. The van der Waals surface area contributed by atoms with Gasteiger partial charge in [-0.25, -0.2) is 18.5 Å². The first-order valence-corrected chi connectivity index (χ1v) is 14.9. The van der Waals surface area contributed by atoms with Gasteiger partial charge < -0.3 is 10.3 Å². The number of amidine groups is 1. The Morgan fingerprint density at radius 2 is 1.82 bits per heavy atom. The number of primary sulfonamides is 1. The van der Waals surface area contributed by atoms with Gasteiger partial charge in [0.25, 0.3) is 5.56 Å². The summed E-state index contributed by atoms with van der Waals surface area (Å²) in [6.45, 7) is 7.90. The molecule has 210 valence electrons. The van der Waals surface area contributed by atoms with Crippen LogP contribution in [0.4, 0.5) is 11.4 Å². The number of carbonyl (C=O) groups excluding carboxylic acids is 2. The number of benzene rings is 2. The summed E-state index contributed by atoms with van der Waals surface area (Å²) in [6, 6.07) is 16.6. The molecule has 10 nitrogen and oxygen atoms in total. The van der Waals surface area contributed by atoms with Gasteiger partial charge in [-0.15, -0.1) is 0 Å². The molecule has 1 aromatic heterocycles. The zero-order valence-corrected chi connectivity index (χ0v) is 24.2. The maximum absolute atomic E-state index is 13.5. The van der Waals surface area contributed by atoms with Crippen LogP contribution in [0.5, 0.6) is 0 Å². The van der Waals surface area contributed by atoms with Crippen molar-refractivity contribution in [1.29, 1.82) is 0 Å². The number of aryl methyl sites for hydroxylation is 1. The average Bonchev–Trinajstić information content (AvgIpc) is 3.12. The molecule has 1 aliphatic heterocycles. The number of nitrogens with one attached hydrogen (secondary N) is 2. The second-order valence-electron chi connectivity index (χ2n) is 10.6. The molecule has 1 atom stereocenters. The summed E-state index contributed by atoms with van der Waals surface area (Å²) in [5, 5.41) is 7.40. The van der Waals surface area contributed by atoms with Crippen molar-refractivity contribution in [3.63, 3.8) is 0 Å². The molecule has 0 spiro atoms. The molecule has 1 unspecified atom stereocenters. The zero-order valence-electron chi connectivity index (χ0n) is 22.6. The molecule has 0 radical (unpaired) electrons. The van der Waals surface area contributed by atoms with E-state index in [9.17, 15) is 22.8 Å². The van der Waals surface area contributed by atoms with Gasteiger partial charge in [0.2, 0.25) is 21.8 Å².